The Labute approximate surface area is 116 Å². The van der Waals surface area contributed by atoms with E-state index in [1.54, 1.807) is 7.11 Å². The van der Waals surface area contributed by atoms with Crippen LogP contribution in [0.15, 0.2) is 18.2 Å². The maximum atomic E-state index is 9.81. The maximum absolute atomic E-state index is 9.81. The van der Waals surface area contributed by atoms with Gasteiger partial charge >= 0.3 is 0 Å². The molecule has 0 bridgehead atoms. The molecular formula is C16H25NO2. The van der Waals surface area contributed by atoms with Crippen molar-refractivity contribution in [3.8, 4) is 11.5 Å². The first-order valence-electron chi connectivity index (χ1n) is 7.16. The van der Waals surface area contributed by atoms with E-state index in [9.17, 15) is 5.11 Å². The van der Waals surface area contributed by atoms with E-state index < -0.39 is 0 Å². The molecule has 1 aromatic carbocycles. The largest absolute Gasteiger partial charge is 0.504 e. The summed E-state index contributed by atoms with van der Waals surface area (Å²) < 4.78 is 5.07. The summed E-state index contributed by atoms with van der Waals surface area (Å²) in [5.74, 6) is 1.61. The van der Waals surface area contributed by atoms with Crippen LogP contribution in [0.5, 0.6) is 11.5 Å². The van der Waals surface area contributed by atoms with Gasteiger partial charge in [-0.3, -0.25) is 4.90 Å². The van der Waals surface area contributed by atoms with Crippen molar-refractivity contribution >= 4 is 0 Å². The lowest BCUT2D eigenvalue weighted by atomic mass is 9.86. The number of hydrogen-bond donors (Lipinski definition) is 1. The van der Waals surface area contributed by atoms with Crippen molar-refractivity contribution < 1.29 is 9.84 Å². The number of hydrogen-bond acceptors (Lipinski definition) is 3. The Kier molecular flexibility index (Phi) is 4.70. The highest BCUT2D eigenvalue weighted by atomic mass is 16.5. The summed E-state index contributed by atoms with van der Waals surface area (Å²) in [7, 11) is 3.76. The van der Waals surface area contributed by atoms with Gasteiger partial charge < -0.3 is 9.84 Å². The minimum Gasteiger partial charge on any atom is -0.504 e. The standard InChI is InChI=1S/C16H25NO2/c1-12-5-4-6-14(9-12)17(2)11-13-7-8-16(19-3)15(18)10-13/h7-8,10,12,14,18H,4-6,9,11H2,1-3H3. The van der Waals surface area contributed by atoms with Gasteiger partial charge in [0, 0.05) is 12.6 Å². The second-order valence-corrected chi connectivity index (χ2v) is 5.85. The fourth-order valence-corrected chi connectivity index (χ4v) is 3.05. The lowest BCUT2D eigenvalue weighted by Crippen LogP contribution is -2.35. The van der Waals surface area contributed by atoms with E-state index in [0.29, 0.717) is 11.8 Å². The van der Waals surface area contributed by atoms with Gasteiger partial charge in [0.1, 0.15) is 0 Å². The summed E-state index contributed by atoms with van der Waals surface area (Å²) in [6.07, 6.45) is 5.29. The zero-order valence-electron chi connectivity index (χ0n) is 12.2. The summed E-state index contributed by atoms with van der Waals surface area (Å²) in [6, 6.07) is 6.35. The molecule has 3 heteroatoms. The van der Waals surface area contributed by atoms with Crippen molar-refractivity contribution in [3.63, 3.8) is 0 Å². The number of benzene rings is 1. The van der Waals surface area contributed by atoms with E-state index in [1.807, 2.05) is 18.2 Å². The van der Waals surface area contributed by atoms with Crippen LogP contribution < -0.4 is 4.74 Å². The fraction of sp³-hybridized carbons (Fsp3) is 0.625. The SMILES string of the molecule is COc1ccc(CN(C)C2CCCC(C)C2)cc1O. The number of phenols is 1. The molecule has 2 unspecified atom stereocenters. The molecule has 2 atom stereocenters. The Morgan fingerprint density at radius 3 is 2.79 bits per heavy atom. The van der Waals surface area contributed by atoms with Crippen molar-refractivity contribution in [2.75, 3.05) is 14.2 Å². The molecule has 106 valence electrons. The Morgan fingerprint density at radius 2 is 2.16 bits per heavy atom. The van der Waals surface area contributed by atoms with E-state index in [1.165, 1.54) is 25.7 Å². The van der Waals surface area contributed by atoms with Gasteiger partial charge in [0.25, 0.3) is 0 Å². The topological polar surface area (TPSA) is 32.7 Å². The van der Waals surface area contributed by atoms with Crippen LogP contribution in [0.3, 0.4) is 0 Å². The third-order valence-corrected chi connectivity index (χ3v) is 4.21. The van der Waals surface area contributed by atoms with Crippen LogP contribution in [0.1, 0.15) is 38.2 Å². The molecule has 1 fully saturated rings. The Balaban J connectivity index is 1.98. The normalized spacial score (nSPS) is 23.6. The highest BCUT2D eigenvalue weighted by Gasteiger charge is 2.22. The third-order valence-electron chi connectivity index (χ3n) is 4.21. The second-order valence-electron chi connectivity index (χ2n) is 5.85. The molecule has 1 N–H and O–H groups in total. The zero-order chi connectivity index (χ0) is 13.8. The predicted octanol–water partition coefficient (Wildman–Crippen LogP) is 3.41. The van der Waals surface area contributed by atoms with Gasteiger partial charge in [0.2, 0.25) is 0 Å². The third kappa shape index (κ3) is 3.63. The number of ether oxygens (including phenoxy) is 1. The molecule has 2 rings (SSSR count). The van der Waals surface area contributed by atoms with Gasteiger partial charge in [-0.25, -0.2) is 0 Å². The van der Waals surface area contributed by atoms with Crippen molar-refractivity contribution in [1.82, 2.24) is 4.90 Å². The van der Waals surface area contributed by atoms with E-state index in [2.05, 4.69) is 18.9 Å². The first kappa shape index (κ1) is 14.2. The van der Waals surface area contributed by atoms with Gasteiger partial charge in [0.15, 0.2) is 11.5 Å². The number of nitrogens with zero attached hydrogens (tertiary/aromatic N) is 1. The maximum Gasteiger partial charge on any atom is 0.160 e. The molecule has 19 heavy (non-hydrogen) atoms. The Bertz CT molecular complexity index is 419. The van der Waals surface area contributed by atoms with Gasteiger partial charge in [0.05, 0.1) is 7.11 Å². The fourth-order valence-electron chi connectivity index (χ4n) is 3.05. The quantitative estimate of drug-likeness (QED) is 0.903. The molecule has 1 aliphatic rings. The average Bonchev–Trinajstić information content (AvgIpc) is 2.39. The van der Waals surface area contributed by atoms with E-state index in [4.69, 9.17) is 4.74 Å². The van der Waals surface area contributed by atoms with Crippen molar-refractivity contribution in [2.24, 2.45) is 5.92 Å². The zero-order valence-corrected chi connectivity index (χ0v) is 12.2. The van der Waals surface area contributed by atoms with Gasteiger partial charge in [-0.05, 0) is 43.5 Å². The molecule has 0 spiro atoms. The minimum absolute atomic E-state index is 0.227. The predicted molar refractivity (Wildman–Crippen MR) is 77.5 cm³/mol. The lowest BCUT2D eigenvalue weighted by Gasteiger charge is -2.34. The summed E-state index contributed by atoms with van der Waals surface area (Å²) in [5.41, 5.74) is 1.14. The van der Waals surface area contributed by atoms with Gasteiger partial charge in [-0.2, -0.15) is 0 Å². The van der Waals surface area contributed by atoms with Crippen LogP contribution >= 0.6 is 0 Å². The first-order valence-corrected chi connectivity index (χ1v) is 7.16. The van der Waals surface area contributed by atoms with Crippen LogP contribution in [0, 0.1) is 5.92 Å². The molecule has 1 aliphatic carbocycles. The molecule has 3 nitrogen and oxygen atoms in total. The monoisotopic (exact) mass is 263 g/mol. The van der Waals surface area contributed by atoms with Crippen molar-refractivity contribution in [2.45, 2.75) is 45.2 Å². The second kappa shape index (κ2) is 6.29. The molecule has 0 heterocycles. The van der Waals surface area contributed by atoms with Crippen LogP contribution in [0.2, 0.25) is 0 Å². The summed E-state index contributed by atoms with van der Waals surface area (Å²) in [6.45, 7) is 3.23. The average molecular weight is 263 g/mol. The highest BCUT2D eigenvalue weighted by molar-refractivity contribution is 5.41. The molecule has 0 aromatic heterocycles. The number of rotatable bonds is 4. The van der Waals surface area contributed by atoms with Crippen LogP contribution in [-0.2, 0) is 6.54 Å². The van der Waals surface area contributed by atoms with E-state index in [0.717, 1.165) is 18.0 Å². The molecule has 1 aromatic rings. The number of aromatic hydroxyl groups is 1. The van der Waals surface area contributed by atoms with E-state index >= 15 is 0 Å². The van der Waals surface area contributed by atoms with Crippen LogP contribution in [0.25, 0.3) is 0 Å². The van der Waals surface area contributed by atoms with Crippen molar-refractivity contribution in [3.05, 3.63) is 23.8 Å². The molecule has 0 amide bonds. The number of methoxy groups -OCH3 is 1. The molecule has 0 aliphatic heterocycles. The Morgan fingerprint density at radius 1 is 1.37 bits per heavy atom. The molecular weight excluding hydrogens is 238 g/mol. The van der Waals surface area contributed by atoms with Crippen LogP contribution in [-0.4, -0.2) is 30.2 Å². The lowest BCUT2D eigenvalue weighted by molar-refractivity contribution is 0.157. The van der Waals surface area contributed by atoms with Crippen LogP contribution in [0.4, 0.5) is 0 Å². The Hall–Kier alpha value is -1.22. The molecule has 1 saturated carbocycles. The smallest absolute Gasteiger partial charge is 0.160 e. The van der Waals surface area contributed by atoms with Gasteiger partial charge in [-0.1, -0.05) is 25.8 Å². The number of phenolic OH excluding ortho intramolecular Hbond substituents is 1. The summed E-state index contributed by atoms with van der Waals surface area (Å²) >= 11 is 0. The molecule has 0 radical (unpaired) electrons. The van der Waals surface area contributed by atoms with E-state index in [-0.39, 0.29) is 5.75 Å². The minimum atomic E-state index is 0.227. The summed E-state index contributed by atoms with van der Waals surface area (Å²) in [5, 5.41) is 9.81. The van der Waals surface area contributed by atoms with Crippen molar-refractivity contribution in [1.29, 1.82) is 0 Å². The molecule has 0 saturated heterocycles. The first-order chi connectivity index (χ1) is 9.10. The summed E-state index contributed by atoms with van der Waals surface area (Å²) in [4.78, 5) is 2.41. The van der Waals surface area contributed by atoms with Gasteiger partial charge in [-0.15, -0.1) is 0 Å². The highest BCUT2D eigenvalue weighted by Crippen LogP contribution is 2.29.